The molecule has 0 radical (unpaired) electrons. The molecule has 7 nitrogen and oxygen atoms in total. The summed E-state index contributed by atoms with van der Waals surface area (Å²) >= 11 is 0.869. The van der Waals surface area contributed by atoms with Gasteiger partial charge in [-0.05, 0) is 48.4 Å². The lowest BCUT2D eigenvalue weighted by molar-refractivity contribution is 0.0761. The summed E-state index contributed by atoms with van der Waals surface area (Å²) in [6.07, 6.45) is -0.268. The van der Waals surface area contributed by atoms with Crippen LogP contribution in [0, 0.1) is 11.6 Å². The molecular formula is C27H24F2N4O3S. The minimum atomic E-state index is -0.980. The molecule has 10 heteroatoms. The maximum absolute atomic E-state index is 14.0. The third-order valence-corrected chi connectivity index (χ3v) is 6.69. The number of nitrogens with two attached hydrogens (primary N) is 1. The van der Waals surface area contributed by atoms with Crippen LogP contribution in [0.4, 0.5) is 25.4 Å². The molecule has 1 aromatic heterocycles. The highest BCUT2D eigenvalue weighted by Crippen LogP contribution is 2.31. The fourth-order valence-electron chi connectivity index (χ4n) is 3.68. The number of anilines is 3. The van der Waals surface area contributed by atoms with E-state index in [4.69, 9.17) is 5.73 Å². The van der Waals surface area contributed by atoms with Gasteiger partial charge in [-0.3, -0.25) is 9.59 Å². The number of nitrogens with one attached hydrogen (secondary N) is 1. The van der Waals surface area contributed by atoms with Crippen molar-refractivity contribution in [3.8, 4) is 0 Å². The Bertz CT molecular complexity index is 1390. The average Bonchev–Trinajstić information content (AvgIpc) is 3.27. The van der Waals surface area contributed by atoms with Gasteiger partial charge in [-0.25, -0.2) is 13.8 Å². The second-order valence-corrected chi connectivity index (χ2v) is 9.30. The number of hydrogen-bond acceptors (Lipinski definition) is 7. The molecule has 0 saturated heterocycles. The van der Waals surface area contributed by atoms with E-state index in [2.05, 4.69) is 10.3 Å². The second-order valence-electron chi connectivity index (χ2n) is 8.30. The molecule has 0 bridgehead atoms. The molecule has 1 unspecified atom stereocenters. The minimum Gasteiger partial charge on any atom is -0.388 e. The number of aromatic nitrogens is 1. The summed E-state index contributed by atoms with van der Waals surface area (Å²) in [4.78, 5) is 31.0. The maximum Gasteiger partial charge on any atom is 0.253 e. The smallest absolute Gasteiger partial charge is 0.253 e. The predicted octanol–water partition coefficient (Wildman–Crippen LogP) is 5.17. The summed E-state index contributed by atoms with van der Waals surface area (Å²) in [6, 6.07) is 19.0. The monoisotopic (exact) mass is 522 g/mol. The van der Waals surface area contributed by atoms with Crippen molar-refractivity contribution >= 4 is 39.7 Å². The van der Waals surface area contributed by atoms with Gasteiger partial charge in [0.2, 0.25) is 5.78 Å². The molecule has 4 rings (SSSR count). The molecule has 4 aromatic rings. The zero-order chi connectivity index (χ0) is 26.5. The number of hydrogen-bond donors (Lipinski definition) is 3. The van der Waals surface area contributed by atoms with Crippen LogP contribution < -0.4 is 11.1 Å². The van der Waals surface area contributed by atoms with Crippen molar-refractivity contribution in [3.63, 3.8) is 0 Å². The zero-order valence-corrected chi connectivity index (χ0v) is 20.6. The van der Waals surface area contributed by atoms with Gasteiger partial charge in [0.05, 0.1) is 11.7 Å². The number of halogens is 2. The Morgan fingerprint density at radius 1 is 1.03 bits per heavy atom. The molecule has 0 spiro atoms. The van der Waals surface area contributed by atoms with Crippen LogP contribution in [0.5, 0.6) is 0 Å². The van der Waals surface area contributed by atoms with Crippen molar-refractivity contribution in [1.82, 2.24) is 9.88 Å². The molecule has 4 N–H and O–H groups in total. The molecule has 0 fully saturated rings. The fourth-order valence-corrected chi connectivity index (χ4v) is 4.53. The number of ketones is 1. The largest absolute Gasteiger partial charge is 0.388 e. The van der Waals surface area contributed by atoms with Crippen LogP contribution in [-0.2, 0) is 0 Å². The summed E-state index contributed by atoms with van der Waals surface area (Å²) < 4.78 is 28.0. The summed E-state index contributed by atoms with van der Waals surface area (Å²) in [5, 5.41) is 13.6. The van der Waals surface area contributed by atoms with Crippen molar-refractivity contribution in [3.05, 3.63) is 106 Å². The van der Waals surface area contributed by atoms with Crippen LogP contribution in [-0.4, -0.2) is 40.3 Å². The number of carbonyl (C=O) groups excluding carboxylic acids is 2. The highest BCUT2D eigenvalue weighted by atomic mass is 32.1. The van der Waals surface area contributed by atoms with E-state index in [0.717, 1.165) is 29.0 Å². The van der Waals surface area contributed by atoms with Gasteiger partial charge in [0.1, 0.15) is 22.3 Å². The van der Waals surface area contributed by atoms with Gasteiger partial charge < -0.3 is 21.1 Å². The molecule has 190 valence electrons. The van der Waals surface area contributed by atoms with Gasteiger partial charge >= 0.3 is 0 Å². The Morgan fingerprint density at radius 3 is 2.32 bits per heavy atom. The van der Waals surface area contributed by atoms with Gasteiger partial charge in [-0.2, -0.15) is 0 Å². The molecule has 1 amide bonds. The van der Waals surface area contributed by atoms with E-state index in [0.29, 0.717) is 24.2 Å². The van der Waals surface area contributed by atoms with Crippen molar-refractivity contribution < 1.29 is 23.5 Å². The van der Waals surface area contributed by atoms with Gasteiger partial charge in [0.25, 0.3) is 5.91 Å². The lowest BCUT2D eigenvalue weighted by atomic mass is 10.1. The third-order valence-electron chi connectivity index (χ3n) is 5.70. The molecule has 1 heterocycles. The highest BCUT2D eigenvalue weighted by molar-refractivity contribution is 7.18. The average molecular weight is 523 g/mol. The molecular weight excluding hydrogens is 498 g/mol. The lowest BCUT2D eigenvalue weighted by Crippen LogP contribution is -2.28. The molecule has 37 heavy (non-hydrogen) atoms. The van der Waals surface area contributed by atoms with E-state index < -0.39 is 29.1 Å². The Kier molecular flexibility index (Phi) is 7.90. The van der Waals surface area contributed by atoms with Gasteiger partial charge in [-0.15, -0.1) is 0 Å². The number of amides is 1. The second kappa shape index (κ2) is 11.3. The first-order valence-corrected chi connectivity index (χ1v) is 12.2. The molecule has 0 aliphatic carbocycles. The van der Waals surface area contributed by atoms with E-state index in [-0.39, 0.29) is 21.7 Å². The number of nitrogens with zero attached hydrogens (tertiary/aromatic N) is 2. The Hall–Kier alpha value is -4.15. The summed E-state index contributed by atoms with van der Waals surface area (Å²) in [5.74, 6) is -3.20. The Labute approximate surface area is 216 Å². The Morgan fingerprint density at radius 2 is 1.68 bits per heavy atom. The van der Waals surface area contributed by atoms with Crippen LogP contribution in [0.3, 0.4) is 0 Å². The molecule has 0 saturated carbocycles. The maximum atomic E-state index is 14.0. The van der Waals surface area contributed by atoms with Crippen LogP contribution in [0.15, 0.2) is 72.8 Å². The van der Waals surface area contributed by atoms with Crippen molar-refractivity contribution in [2.75, 3.05) is 24.6 Å². The number of nitrogen functional groups attached to an aromatic ring is 1. The predicted molar refractivity (Wildman–Crippen MR) is 139 cm³/mol. The summed E-state index contributed by atoms with van der Waals surface area (Å²) in [7, 11) is 1.67. The highest BCUT2D eigenvalue weighted by Gasteiger charge is 2.24. The first-order valence-electron chi connectivity index (χ1n) is 11.3. The molecule has 0 aliphatic heterocycles. The zero-order valence-electron chi connectivity index (χ0n) is 19.8. The molecule has 0 aliphatic rings. The van der Waals surface area contributed by atoms with E-state index >= 15 is 0 Å². The number of benzene rings is 3. The molecule has 1 atom stereocenters. The van der Waals surface area contributed by atoms with E-state index in [9.17, 15) is 23.5 Å². The standard InChI is InChI=1S/C27H24F2N4O3S/c1-33(15-14-21(34)16-6-3-2-4-7-16)26(36)17-10-12-18(13-11-17)31-27-32-25(30)24(37-27)23(35)22-19(28)8-5-9-20(22)29/h2-13,21,34H,14-15,30H2,1H3,(H,31,32). The van der Waals surface area contributed by atoms with E-state index in [1.54, 1.807) is 31.3 Å². The number of rotatable bonds is 9. The first kappa shape index (κ1) is 25.9. The fraction of sp³-hybridized carbons (Fsp3) is 0.148. The van der Waals surface area contributed by atoms with Crippen LogP contribution in [0.25, 0.3) is 0 Å². The van der Waals surface area contributed by atoms with Gasteiger partial charge in [0.15, 0.2) is 5.13 Å². The SMILES string of the molecule is CN(CCC(O)c1ccccc1)C(=O)c1ccc(Nc2nc(N)c(C(=O)c3c(F)cccc3F)s2)cc1. The number of thiazole rings is 1. The number of carbonyl (C=O) groups is 2. The van der Waals surface area contributed by atoms with Crippen molar-refractivity contribution in [2.45, 2.75) is 12.5 Å². The van der Waals surface area contributed by atoms with Crippen LogP contribution in [0.1, 0.15) is 43.7 Å². The lowest BCUT2D eigenvalue weighted by Gasteiger charge is -2.19. The van der Waals surface area contributed by atoms with Crippen LogP contribution in [0.2, 0.25) is 0 Å². The number of aliphatic hydroxyl groups excluding tert-OH is 1. The third kappa shape index (κ3) is 5.99. The normalized spacial score (nSPS) is 11.7. The minimum absolute atomic E-state index is 0.0855. The van der Waals surface area contributed by atoms with Gasteiger partial charge in [-0.1, -0.05) is 47.7 Å². The van der Waals surface area contributed by atoms with E-state index in [1.807, 2.05) is 30.3 Å². The Balaban J connectivity index is 1.39. The summed E-state index contributed by atoms with van der Waals surface area (Å²) in [6.45, 7) is 0.368. The quantitative estimate of drug-likeness (QED) is 0.262. The van der Waals surface area contributed by atoms with Crippen molar-refractivity contribution in [1.29, 1.82) is 0 Å². The van der Waals surface area contributed by atoms with Crippen molar-refractivity contribution in [2.24, 2.45) is 0 Å². The molecule has 3 aromatic carbocycles. The van der Waals surface area contributed by atoms with Gasteiger partial charge in [0, 0.05) is 24.8 Å². The summed E-state index contributed by atoms with van der Waals surface area (Å²) in [5.41, 5.74) is 6.98. The van der Waals surface area contributed by atoms with Crippen LogP contribution >= 0.6 is 11.3 Å². The van der Waals surface area contributed by atoms with E-state index in [1.165, 1.54) is 11.0 Å². The first-order chi connectivity index (χ1) is 17.7. The topological polar surface area (TPSA) is 109 Å². The number of aliphatic hydroxyl groups is 1.